The first kappa shape index (κ1) is 13.6. The Balaban J connectivity index is 2.04. The van der Waals surface area contributed by atoms with Crippen LogP contribution in [-0.4, -0.2) is 23.0 Å². The van der Waals surface area contributed by atoms with Crippen molar-refractivity contribution in [2.75, 3.05) is 12.4 Å². The van der Waals surface area contributed by atoms with Crippen LogP contribution in [0.5, 0.6) is 5.75 Å². The highest BCUT2D eigenvalue weighted by Crippen LogP contribution is 2.14. The van der Waals surface area contributed by atoms with Crippen molar-refractivity contribution < 1.29 is 9.53 Å². The lowest BCUT2D eigenvalue weighted by Gasteiger charge is -2.06. The van der Waals surface area contributed by atoms with Gasteiger partial charge in [-0.05, 0) is 24.3 Å². The average Bonchev–Trinajstić information content (AvgIpc) is 2.38. The summed E-state index contributed by atoms with van der Waals surface area (Å²) in [4.78, 5) is 38.4. The molecule has 0 spiro atoms. The minimum atomic E-state index is -0.634. The molecule has 7 heteroatoms. The maximum atomic E-state index is 11.8. The van der Waals surface area contributed by atoms with Crippen LogP contribution in [0.3, 0.4) is 0 Å². The quantitative estimate of drug-likeness (QED) is 0.744. The van der Waals surface area contributed by atoms with Gasteiger partial charge in [0.1, 0.15) is 5.75 Å². The predicted octanol–water partition coefficient (Wildman–Crippen LogP) is 0.253. The average molecular weight is 275 g/mol. The second-order valence-corrected chi connectivity index (χ2v) is 4.07. The molecule has 0 fully saturated rings. The summed E-state index contributed by atoms with van der Waals surface area (Å²) in [6, 6.07) is 7.99. The van der Waals surface area contributed by atoms with Gasteiger partial charge in [-0.1, -0.05) is 0 Å². The summed E-state index contributed by atoms with van der Waals surface area (Å²) in [5, 5.41) is 2.65. The number of nitrogens with one attached hydrogen (secondary N) is 3. The summed E-state index contributed by atoms with van der Waals surface area (Å²) in [5.74, 6) is 0.346. The summed E-state index contributed by atoms with van der Waals surface area (Å²) in [6.07, 6.45) is -0.0921. The normalized spacial score (nSPS) is 10.1. The van der Waals surface area contributed by atoms with Crippen molar-refractivity contribution in [3.63, 3.8) is 0 Å². The van der Waals surface area contributed by atoms with Crippen LogP contribution in [0.4, 0.5) is 5.69 Å². The van der Waals surface area contributed by atoms with Crippen molar-refractivity contribution in [2.24, 2.45) is 0 Å². The van der Waals surface area contributed by atoms with E-state index in [-0.39, 0.29) is 18.0 Å². The first-order chi connectivity index (χ1) is 9.56. The second-order valence-electron chi connectivity index (χ2n) is 4.07. The molecule has 0 unspecified atom stereocenters. The standard InChI is InChI=1S/C13H13N3O4/c1-20-10-4-2-8(3-5-10)14-11(17)6-9-7-12(18)16-13(19)15-9/h2-5,7H,6H2,1H3,(H,14,17)(H2,15,16,18,19). The number of carbonyl (C=O) groups excluding carboxylic acids is 1. The molecule has 0 bridgehead atoms. The minimum absolute atomic E-state index is 0.0921. The molecule has 0 aliphatic heterocycles. The van der Waals surface area contributed by atoms with Crippen LogP contribution in [0.15, 0.2) is 39.9 Å². The van der Waals surface area contributed by atoms with Crippen molar-refractivity contribution in [3.8, 4) is 5.75 Å². The van der Waals surface area contributed by atoms with E-state index < -0.39 is 11.2 Å². The fraction of sp³-hybridized carbons (Fsp3) is 0.154. The van der Waals surface area contributed by atoms with Gasteiger partial charge >= 0.3 is 5.69 Å². The van der Waals surface area contributed by atoms with Gasteiger partial charge in [-0.15, -0.1) is 0 Å². The van der Waals surface area contributed by atoms with Gasteiger partial charge in [-0.25, -0.2) is 4.79 Å². The molecule has 1 aromatic heterocycles. The van der Waals surface area contributed by atoms with E-state index in [9.17, 15) is 14.4 Å². The highest BCUT2D eigenvalue weighted by Gasteiger charge is 2.06. The van der Waals surface area contributed by atoms with Crippen molar-refractivity contribution >= 4 is 11.6 Å². The number of aromatic amines is 2. The number of aromatic nitrogens is 2. The lowest BCUT2D eigenvalue weighted by molar-refractivity contribution is -0.115. The number of hydrogen-bond acceptors (Lipinski definition) is 4. The van der Waals surface area contributed by atoms with E-state index in [0.29, 0.717) is 11.4 Å². The largest absolute Gasteiger partial charge is 0.497 e. The topological polar surface area (TPSA) is 104 Å². The van der Waals surface area contributed by atoms with Crippen LogP contribution < -0.4 is 21.3 Å². The molecule has 2 rings (SSSR count). The fourth-order valence-electron chi connectivity index (χ4n) is 1.67. The third-order valence-corrected chi connectivity index (χ3v) is 2.54. The number of amides is 1. The molecular weight excluding hydrogens is 262 g/mol. The molecule has 20 heavy (non-hydrogen) atoms. The van der Waals surface area contributed by atoms with Crippen molar-refractivity contribution in [2.45, 2.75) is 6.42 Å². The van der Waals surface area contributed by atoms with E-state index in [1.807, 2.05) is 4.98 Å². The summed E-state index contributed by atoms with van der Waals surface area (Å²) in [5.41, 5.74) is -0.321. The molecule has 7 nitrogen and oxygen atoms in total. The van der Waals surface area contributed by atoms with Crippen LogP contribution in [0, 0.1) is 0 Å². The molecule has 104 valence electrons. The van der Waals surface area contributed by atoms with Gasteiger partial charge in [0.25, 0.3) is 5.56 Å². The van der Waals surface area contributed by atoms with Crippen LogP contribution in [-0.2, 0) is 11.2 Å². The number of hydrogen-bond donors (Lipinski definition) is 3. The summed E-state index contributed by atoms with van der Waals surface area (Å²) >= 11 is 0. The first-order valence-electron chi connectivity index (χ1n) is 5.83. The number of carbonyl (C=O) groups is 1. The smallest absolute Gasteiger partial charge is 0.325 e. The molecule has 2 aromatic rings. The number of methoxy groups -OCH3 is 1. The summed E-state index contributed by atoms with van der Waals surface area (Å²) in [7, 11) is 1.55. The molecule has 0 aliphatic rings. The zero-order valence-electron chi connectivity index (χ0n) is 10.7. The summed E-state index contributed by atoms with van der Waals surface area (Å²) in [6.45, 7) is 0. The van der Waals surface area contributed by atoms with Gasteiger partial charge < -0.3 is 15.0 Å². The Morgan fingerprint density at radius 1 is 1.20 bits per heavy atom. The minimum Gasteiger partial charge on any atom is -0.497 e. The van der Waals surface area contributed by atoms with Crippen molar-refractivity contribution in [1.29, 1.82) is 0 Å². The SMILES string of the molecule is COc1ccc(NC(=O)Cc2cc(=O)[nH]c(=O)[nH]2)cc1. The van der Waals surface area contributed by atoms with Crippen LogP contribution in [0.25, 0.3) is 0 Å². The molecule has 0 aliphatic carbocycles. The van der Waals surface area contributed by atoms with E-state index in [0.717, 1.165) is 0 Å². The van der Waals surface area contributed by atoms with E-state index in [1.54, 1.807) is 31.4 Å². The van der Waals surface area contributed by atoms with E-state index >= 15 is 0 Å². The molecule has 3 N–H and O–H groups in total. The van der Waals surface area contributed by atoms with E-state index in [2.05, 4.69) is 10.3 Å². The number of benzene rings is 1. The highest BCUT2D eigenvalue weighted by atomic mass is 16.5. The molecule has 0 radical (unpaired) electrons. The Hall–Kier alpha value is -2.83. The van der Waals surface area contributed by atoms with Crippen LogP contribution in [0.1, 0.15) is 5.69 Å². The maximum absolute atomic E-state index is 11.8. The number of ether oxygens (including phenoxy) is 1. The van der Waals surface area contributed by atoms with Gasteiger partial charge in [0.15, 0.2) is 0 Å². The Labute approximate surface area is 113 Å². The highest BCUT2D eigenvalue weighted by molar-refractivity contribution is 5.92. The molecule has 1 amide bonds. The zero-order chi connectivity index (χ0) is 14.5. The first-order valence-corrected chi connectivity index (χ1v) is 5.83. The van der Waals surface area contributed by atoms with E-state index in [1.165, 1.54) is 6.07 Å². The number of anilines is 1. The monoisotopic (exact) mass is 275 g/mol. The molecule has 1 aromatic carbocycles. The Morgan fingerprint density at radius 3 is 2.50 bits per heavy atom. The van der Waals surface area contributed by atoms with Gasteiger partial charge in [0.05, 0.1) is 13.5 Å². The van der Waals surface area contributed by atoms with Gasteiger partial charge in [-0.3, -0.25) is 14.6 Å². The Bertz CT molecular complexity index is 687. The maximum Gasteiger partial charge on any atom is 0.325 e. The van der Waals surface area contributed by atoms with Gasteiger partial charge in [0.2, 0.25) is 5.91 Å². The summed E-state index contributed by atoms with van der Waals surface area (Å²) < 4.78 is 5.01. The van der Waals surface area contributed by atoms with Crippen LogP contribution >= 0.6 is 0 Å². The Kier molecular flexibility index (Phi) is 3.99. The molecular formula is C13H13N3O4. The van der Waals surface area contributed by atoms with Crippen LogP contribution in [0.2, 0.25) is 0 Å². The molecule has 1 heterocycles. The molecule has 0 saturated heterocycles. The van der Waals surface area contributed by atoms with Crippen molar-refractivity contribution in [3.05, 3.63) is 56.9 Å². The lowest BCUT2D eigenvalue weighted by Crippen LogP contribution is -2.25. The fourth-order valence-corrected chi connectivity index (χ4v) is 1.67. The van der Waals surface area contributed by atoms with Crippen molar-refractivity contribution in [1.82, 2.24) is 9.97 Å². The molecule has 0 atom stereocenters. The lowest BCUT2D eigenvalue weighted by atomic mass is 10.2. The Morgan fingerprint density at radius 2 is 1.90 bits per heavy atom. The van der Waals surface area contributed by atoms with E-state index in [4.69, 9.17) is 4.74 Å². The second kappa shape index (κ2) is 5.87. The third-order valence-electron chi connectivity index (χ3n) is 2.54. The third kappa shape index (κ3) is 3.58. The number of H-pyrrole nitrogens is 2. The van der Waals surface area contributed by atoms with Gasteiger partial charge in [0, 0.05) is 17.4 Å². The van der Waals surface area contributed by atoms with Gasteiger partial charge in [-0.2, -0.15) is 0 Å². The zero-order valence-corrected chi connectivity index (χ0v) is 10.7. The number of rotatable bonds is 4. The predicted molar refractivity (Wildman–Crippen MR) is 73.0 cm³/mol. The molecule has 0 saturated carbocycles.